The molecule has 1 heterocycles. The van der Waals surface area contributed by atoms with E-state index in [4.69, 9.17) is 9.47 Å². The van der Waals surface area contributed by atoms with Gasteiger partial charge in [-0.25, -0.2) is 4.99 Å². The van der Waals surface area contributed by atoms with E-state index < -0.39 is 0 Å². The predicted octanol–water partition coefficient (Wildman–Crippen LogP) is 3.75. The summed E-state index contributed by atoms with van der Waals surface area (Å²) in [6.45, 7) is 4.76. The molecule has 2 aliphatic carbocycles. The van der Waals surface area contributed by atoms with Crippen LogP contribution in [0.1, 0.15) is 43.5 Å². The van der Waals surface area contributed by atoms with E-state index in [0.29, 0.717) is 36.0 Å². The Morgan fingerprint density at radius 1 is 1.17 bits per heavy atom. The van der Waals surface area contributed by atoms with Crippen LogP contribution < -0.4 is 14.8 Å². The number of rotatable bonds is 5. The smallest absolute Gasteiger partial charge is 0.277 e. The summed E-state index contributed by atoms with van der Waals surface area (Å²) >= 11 is 0. The number of fused-ring (bicyclic) bond motifs is 2. The van der Waals surface area contributed by atoms with Crippen molar-refractivity contribution in [2.75, 3.05) is 13.2 Å². The Morgan fingerprint density at radius 3 is 2.76 bits per heavy atom. The van der Waals surface area contributed by atoms with Gasteiger partial charge in [0.2, 0.25) is 0 Å². The first-order chi connectivity index (χ1) is 14.1. The second-order valence-corrected chi connectivity index (χ2v) is 7.12. The van der Waals surface area contributed by atoms with Gasteiger partial charge in [-0.15, -0.1) is 0 Å². The van der Waals surface area contributed by atoms with E-state index in [-0.39, 0.29) is 17.7 Å². The number of allylic oxidation sites excluding steroid dienone is 3. The average Bonchev–Trinajstić information content (AvgIpc) is 3.20. The van der Waals surface area contributed by atoms with Gasteiger partial charge in [-0.1, -0.05) is 6.08 Å². The van der Waals surface area contributed by atoms with Gasteiger partial charge in [-0.3, -0.25) is 9.59 Å². The molecule has 0 spiro atoms. The van der Waals surface area contributed by atoms with Crippen molar-refractivity contribution < 1.29 is 19.1 Å². The summed E-state index contributed by atoms with van der Waals surface area (Å²) < 4.78 is 11.1. The largest absolute Gasteiger partial charge is 0.490 e. The molecule has 1 unspecified atom stereocenters. The highest BCUT2D eigenvalue weighted by atomic mass is 16.5. The molecule has 1 aromatic carbocycles. The second kappa shape index (κ2) is 8.07. The molecule has 6 heteroatoms. The summed E-state index contributed by atoms with van der Waals surface area (Å²) in [5.74, 6) is 0.833. The summed E-state index contributed by atoms with van der Waals surface area (Å²) in [6.07, 6.45) is 8.48. The quantitative estimate of drug-likeness (QED) is 0.828. The van der Waals surface area contributed by atoms with Crippen molar-refractivity contribution in [1.82, 2.24) is 5.32 Å². The van der Waals surface area contributed by atoms with Gasteiger partial charge in [0.15, 0.2) is 11.5 Å². The first-order valence-electron chi connectivity index (χ1n) is 10.1. The average molecular weight is 392 g/mol. The van der Waals surface area contributed by atoms with Crippen LogP contribution in [0.3, 0.4) is 0 Å². The maximum Gasteiger partial charge on any atom is 0.277 e. The number of amides is 2. The van der Waals surface area contributed by atoms with Crippen molar-refractivity contribution in [2.24, 2.45) is 10.9 Å². The van der Waals surface area contributed by atoms with Gasteiger partial charge in [0.05, 0.1) is 18.9 Å². The van der Waals surface area contributed by atoms with E-state index in [1.165, 1.54) is 5.57 Å². The van der Waals surface area contributed by atoms with E-state index in [1.54, 1.807) is 24.3 Å². The van der Waals surface area contributed by atoms with Gasteiger partial charge >= 0.3 is 0 Å². The molecule has 2 amide bonds. The highest BCUT2D eigenvalue weighted by Crippen LogP contribution is 2.39. The summed E-state index contributed by atoms with van der Waals surface area (Å²) in [7, 11) is 0. The maximum atomic E-state index is 12.7. The SMILES string of the molecule is CCOc1ccc(C(=O)N=C2C=CC3C(=C2)NC(=O)C2=C3CCC2)cc1OCC. The molecule has 1 atom stereocenters. The Bertz CT molecular complexity index is 985. The normalized spacial score (nSPS) is 21.4. The van der Waals surface area contributed by atoms with E-state index in [9.17, 15) is 9.59 Å². The Kier molecular flexibility index (Phi) is 5.34. The molecule has 3 aliphatic rings. The molecule has 1 aromatic rings. The van der Waals surface area contributed by atoms with Crippen LogP contribution in [0, 0.1) is 5.92 Å². The number of benzene rings is 1. The van der Waals surface area contributed by atoms with Crippen LogP contribution in [0.2, 0.25) is 0 Å². The minimum atomic E-state index is -0.369. The van der Waals surface area contributed by atoms with Crippen LogP contribution in [0.4, 0.5) is 0 Å². The molecule has 0 fully saturated rings. The monoisotopic (exact) mass is 392 g/mol. The van der Waals surface area contributed by atoms with Crippen molar-refractivity contribution >= 4 is 17.5 Å². The highest BCUT2D eigenvalue weighted by Gasteiger charge is 2.34. The molecule has 0 saturated carbocycles. The zero-order chi connectivity index (χ0) is 20.4. The zero-order valence-electron chi connectivity index (χ0n) is 16.7. The molecule has 1 N–H and O–H groups in total. The Labute approximate surface area is 170 Å². The molecule has 6 nitrogen and oxygen atoms in total. The lowest BCUT2D eigenvalue weighted by atomic mass is 9.85. The van der Waals surface area contributed by atoms with Crippen LogP contribution in [-0.4, -0.2) is 30.7 Å². The van der Waals surface area contributed by atoms with Gasteiger partial charge in [0.1, 0.15) is 0 Å². The van der Waals surface area contributed by atoms with Crippen LogP contribution >= 0.6 is 0 Å². The van der Waals surface area contributed by atoms with Crippen LogP contribution in [0.25, 0.3) is 0 Å². The fourth-order valence-corrected chi connectivity index (χ4v) is 4.03. The lowest BCUT2D eigenvalue weighted by molar-refractivity contribution is -0.117. The van der Waals surface area contributed by atoms with E-state index in [1.807, 2.05) is 26.0 Å². The van der Waals surface area contributed by atoms with E-state index in [0.717, 1.165) is 30.5 Å². The van der Waals surface area contributed by atoms with Crippen LogP contribution in [-0.2, 0) is 4.79 Å². The number of nitrogens with one attached hydrogen (secondary N) is 1. The van der Waals surface area contributed by atoms with E-state index >= 15 is 0 Å². The van der Waals surface area contributed by atoms with Gasteiger partial charge in [0.25, 0.3) is 11.8 Å². The number of hydrogen-bond donors (Lipinski definition) is 1. The fraction of sp³-hybridized carbons (Fsp3) is 0.348. The first-order valence-corrected chi connectivity index (χ1v) is 10.1. The third kappa shape index (κ3) is 3.75. The maximum absolute atomic E-state index is 12.7. The second-order valence-electron chi connectivity index (χ2n) is 7.12. The standard InChI is InChI=1S/C23H24N2O4/c1-3-28-20-11-8-14(12-21(20)29-4-2)22(26)24-15-9-10-17-16-6-5-7-18(16)23(27)25-19(17)13-15/h8-13,17H,3-7H2,1-2H3,(H,25,27). The molecule has 1 aliphatic heterocycles. The molecule has 0 bridgehead atoms. The Balaban J connectivity index is 1.58. The van der Waals surface area contributed by atoms with Crippen molar-refractivity contribution in [3.8, 4) is 11.5 Å². The Hall–Kier alpha value is -3.15. The number of nitrogens with zero attached hydrogens (tertiary/aromatic N) is 1. The number of carbonyl (C=O) groups excluding carboxylic acids is 2. The minimum absolute atomic E-state index is 0.0196. The lowest BCUT2D eigenvalue weighted by Gasteiger charge is -2.28. The molecule has 0 radical (unpaired) electrons. The molecule has 150 valence electrons. The third-order valence-corrected chi connectivity index (χ3v) is 5.29. The summed E-state index contributed by atoms with van der Waals surface area (Å²) in [5, 5.41) is 2.96. The molecule has 4 rings (SSSR count). The third-order valence-electron chi connectivity index (χ3n) is 5.29. The van der Waals surface area contributed by atoms with Crippen molar-refractivity contribution in [3.63, 3.8) is 0 Å². The van der Waals surface area contributed by atoms with Gasteiger partial charge < -0.3 is 14.8 Å². The van der Waals surface area contributed by atoms with Crippen molar-refractivity contribution in [3.05, 3.63) is 58.8 Å². The van der Waals surface area contributed by atoms with Gasteiger partial charge in [-0.05, 0) is 69.0 Å². The number of carbonyl (C=O) groups is 2. The molecular formula is C23H24N2O4. The van der Waals surface area contributed by atoms with Crippen molar-refractivity contribution in [2.45, 2.75) is 33.1 Å². The summed E-state index contributed by atoms with van der Waals surface area (Å²) in [5.41, 5.74) is 3.87. The van der Waals surface area contributed by atoms with Crippen LogP contribution in [0.15, 0.2) is 58.3 Å². The van der Waals surface area contributed by atoms with Gasteiger partial charge in [-0.2, -0.15) is 0 Å². The number of hydrogen-bond acceptors (Lipinski definition) is 4. The zero-order valence-corrected chi connectivity index (χ0v) is 16.7. The summed E-state index contributed by atoms with van der Waals surface area (Å²) in [6, 6.07) is 5.06. The lowest BCUT2D eigenvalue weighted by Crippen LogP contribution is -2.35. The predicted molar refractivity (Wildman–Crippen MR) is 110 cm³/mol. The van der Waals surface area contributed by atoms with Crippen LogP contribution in [0.5, 0.6) is 11.5 Å². The topological polar surface area (TPSA) is 77.0 Å². The van der Waals surface area contributed by atoms with E-state index in [2.05, 4.69) is 10.3 Å². The molecule has 0 aromatic heterocycles. The fourth-order valence-electron chi connectivity index (χ4n) is 4.03. The summed E-state index contributed by atoms with van der Waals surface area (Å²) in [4.78, 5) is 29.2. The highest BCUT2D eigenvalue weighted by molar-refractivity contribution is 6.14. The van der Waals surface area contributed by atoms with Gasteiger partial charge in [0, 0.05) is 22.8 Å². The number of ether oxygens (including phenoxy) is 2. The first kappa shape index (κ1) is 19.2. The number of aliphatic imine (C=N–C) groups is 1. The molecular weight excluding hydrogens is 368 g/mol. The van der Waals surface area contributed by atoms with Crippen molar-refractivity contribution in [1.29, 1.82) is 0 Å². The molecule has 0 saturated heterocycles. The minimum Gasteiger partial charge on any atom is -0.490 e. The Morgan fingerprint density at radius 2 is 1.97 bits per heavy atom. The molecule has 29 heavy (non-hydrogen) atoms.